The second-order valence-corrected chi connectivity index (χ2v) is 7.55. The largest absolute Gasteiger partial charge is 0.265 e. The summed E-state index contributed by atoms with van der Waals surface area (Å²) in [6.45, 7) is 2.34. The average Bonchev–Trinajstić information content (AvgIpc) is 2.78. The first-order valence-corrected chi connectivity index (χ1v) is 9.29. The lowest BCUT2D eigenvalue weighted by Gasteiger charge is -2.05. The van der Waals surface area contributed by atoms with E-state index in [-0.39, 0.29) is 16.6 Å². The quantitative estimate of drug-likeness (QED) is 0.815. The number of rotatable bonds is 7. The number of aromatic nitrogens is 2. The number of unbranched alkanes of at least 4 members (excludes halogenated alkanes) is 1. The highest BCUT2D eigenvalue weighted by molar-refractivity contribution is 7.92. The molecule has 0 aliphatic heterocycles. The van der Waals surface area contributed by atoms with E-state index in [0.29, 0.717) is 18.0 Å². The maximum absolute atomic E-state index is 11.9. The van der Waals surface area contributed by atoms with Crippen LogP contribution in [0.5, 0.6) is 0 Å². The molecule has 0 aliphatic carbocycles. The topological polar surface area (TPSA) is 64.0 Å². The van der Waals surface area contributed by atoms with Crippen molar-refractivity contribution in [3.8, 4) is 0 Å². The summed E-state index contributed by atoms with van der Waals surface area (Å²) >= 11 is 12.1. The monoisotopic (exact) mass is 361 g/mol. The van der Waals surface area contributed by atoms with Gasteiger partial charge in [0.25, 0.3) is 0 Å². The summed E-state index contributed by atoms with van der Waals surface area (Å²) in [6, 6.07) is 7.38. The van der Waals surface area contributed by atoms with Gasteiger partial charge in [-0.25, -0.2) is 8.42 Å². The van der Waals surface area contributed by atoms with E-state index in [0.717, 1.165) is 12.0 Å². The molecule has 0 aliphatic rings. The predicted molar refractivity (Wildman–Crippen MR) is 90.1 cm³/mol. The minimum atomic E-state index is -3.42. The van der Waals surface area contributed by atoms with Gasteiger partial charge >= 0.3 is 0 Å². The van der Waals surface area contributed by atoms with E-state index in [2.05, 4.69) is 9.82 Å². The number of nitrogens with zero attached hydrogens (tertiary/aromatic N) is 2. The molecule has 0 saturated heterocycles. The van der Waals surface area contributed by atoms with Crippen molar-refractivity contribution in [3.05, 3.63) is 46.1 Å². The number of sulfonamides is 1. The summed E-state index contributed by atoms with van der Waals surface area (Å²) in [5, 5.41) is 5.06. The Morgan fingerprint density at radius 2 is 1.95 bits per heavy atom. The molecule has 1 aromatic carbocycles. The van der Waals surface area contributed by atoms with Crippen molar-refractivity contribution in [2.75, 3.05) is 10.5 Å². The van der Waals surface area contributed by atoms with Crippen LogP contribution in [0.1, 0.15) is 25.3 Å². The highest BCUT2D eigenvalue weighted by Gasteiger charge is 2.15. The fourth-order valence-corrected chi connectivity index (χ4v) is 3.55. The van der Waals surface area contributed by atoms with Crippen molar-refractivity contribution >= 4 is 39.0 Å². The molecule has 2 aromatic rings. The molecule has 8 heteroatoms. The summed E-state index contributed by atoms with van der Waals surface area (Å²) in [5.41, 5.74) is 0.878. The Bertz CT molecular complexity index is 744. The maximum Gasteiger partial charge on any atom is 0.233 e. The molecule has 120 valence electrons. The first-order valence-electron chi connectivity index (χ1n) is 6.88. The lowest BCUT2D eigenvalue weighted by Crippen LogP contribution is -2.17. The van der Waals surface area contributed by atoms with Crippen LogP contribution in [0.2, 0.25) is 10.0 Å². The minimum absolute atomic E-state index is 0.0528. The van der Waals surface area contributed by atoms with Crippen molar-refractivity contribution < 1.29 is 8.42 Å². The molecule has 0 amide bonds. The van der Waals surface area contributed by atoms with Crippen molar-refractivity contribution in [3.63, 3.8) is 0 Å². The number of hydrogen-bond acceptors (Lipinski definition) is 3. The zero-order valence-corrected chi connectivity index (χ0v) is 14.4. The Kier molecular flexibility index (Phi) is 5.72. The van der Waals surface area contributed by atoms with Crippen LogP contribution in [-0.4, -0.2) is 24.0 Å². The first-order chi connectivity index (χ1) is 10.4. The van der Waals surface area contributed by atoms with Gasteiger partial charge in [-0.3, -0.25) is 9.40 Å². The van der Waals surface area contributed by atoms with Gasteiger partial charge in [0.1, 0.15) is 5.02 Å². The van der Waals surface area contributed by atoms with Crippen LogP contribution in [-0.2, 0) is 16.6 Å². The normalized spacial score (nSPS) is 11.6. The molecule has 22 heavy (non-hydrogen) atoms. The zero-order valence-electron chi connectivity index (χ0n) is 12.1. The molecule has 5 nitrogen and oxygen atoms in total. The Morgan fingerprint density at radius 1 is 1.23 bits per heavy atom. The second kappa shape index (κ2) is 7.35. The third kappa shape index (κ3) is 4.63. The van der Waals surface area contributed by atoms with E-state index in [1.807, 2.05) is 25.1 Å². The highest BCUT2D eigenvalue weighted by atomic mass is 35.5. The van der Waals surface area contributed by atoms with E-state index >= 15 is 0 Å². The van der Waals surface area contributed by atoms with Gasteiger partial charge < -0.3 is 0 Å². The second-order valence-electron chi connectivity index (χ2n) is 4.89. The Balaban J connectivity index is 2.13. The van der Waals surface area contributed by atoms with Crippen LogP contribution in [0.3, 0.4) is 0 Å². The lowest BCUT2D eigenvalue weighted by atomic mass is 10.2. The van der Waals surface area contributed by atoms with Gasteiger partial charge in [-0.15, -0.1) is 0 Å². The average molecular weight is 362 g/mol. The molecule has 0 atom stereocenters. The van der Waals surface area contributed by atoms with Crippen molar-refractivity contribution in [2.45, 2.75) is 26.3 Å². The Morgan fingerprint density at radius 3 is 2.64 bits per heavy atom. The molecular formula is C14H17Cl2N3O2S. The third-order valence-electron chi connectivity index (χ3n) is 3.03. The van der Waals surface area contributed by atoms with E-state index in [9.17, 15) is 8.42 Å². The van der Waals surface area contributed by atoms with Gasteiger partial charge in [0.2, 0.25) is 10.0 Å². The predicted octanol–water partition coefficient (Wildman–Crippen LogP) is 3.78. The SMILES string of the molecule is CCCCS(=O)(=O)Nc1nn(Cc2ccccc2Cl)cc1Cl. The van der Waals surface area contributed by atoms with Gasteiger partial charge in [-0.2, -0.15) is 5.10 Å². The smallest absolute Gasteiger partial charge is 0.233 e. The molecule has 0 unspecified atom stereocenters. The highest BCUT2D eigenvalue weighted by Crippen LogP contribution is 2.23. The lowest BCUT2D eigenvalue weighted by molar-refractivity contribution is 0.597. The number of hydrogen-bond donors (Lipinski definition) is 1. The van der Waals surface area contributed by atoms with Crippen molar-refractivity contribution in [1.82, 2.24) is 9.78 Å². The van der Waals surface area contributed by atoms with Crippen LogP contribution >= 0.6 is 23.2 Å². The van der Waals surface area contributed by atoms with Gasteiger partial charge in [-0.1, -0.05) is 54.7 Å². The fourth-order valence-electron chi connectivity index (χ4n) is 1.88. The summed E-state index contributed by atoms with van der Waals surface area (Å²) < 4.78 is 27.8. The summed E-state index contributed by atoms with van der Waals surface area (Å²) in [6.07, 6.45) is 2.96. The minimum Gasteiger partial charge on any atom is -0.265 e. The number of nitrogens with one attached hydrogen (secondary N) is 1. The molecule has 1 N–H and O–H groups in total. The van der Waals surface area contributed by atoms with Crippen molar-refractivity contribution in [1.29, 1.82) is 0 Å². The molecule has 0 bridgehead atoms. The van der Waals surface area contributed by atoms with Gasteiger partial charge in [0, 0.05) is 11.2 Å². The van der Waals surface area contributed by atoms with E-state index in [4.69, 9.17) is 23.2 Å². The molecule has 1 heterocycles. The molecule has 1 aromatic heterocycles. The van der Waals surface area contributed by atoms with Crippen LogP contribution in [0, 0.1) is 0 Å². The molecule has 0 radical (unpaired) electrons. The molecule has 0 fully saturated rings. The zero-order chi connectivity index (χ0) is 16.2. The van der Waals surface area contributed by atoms with Crippen LogP contribution in [0.4, 0.5) is 5.82 Å². The van der Waals surface area contributed by atoms with Gasteiger partial charge in [0.15, 0.2) is 5.82 Å². The fraction of sp³-hybridized carbons (Fsp3) is 0.357. The molecule has 0 spiro atoms. The number of halogens is 2. The van der Waals surface area contributed by atoms with Crippen molar-refractivity contribution in [2.24, 2.45) is 0 Å². The molecular weight excluding hydrogens is 345 g/mol. The summed E-state index contributed by atoms with van der Waals surface area (Å²) in [4.78, 5) is 0. The van der Waals surface area contributed by atoms with Crippen LogP contribution in [0.15, 0.2) is 30.5 Å². The number of anilines is 1. The van der Waals surface area contributed by atoms with E-state index in [1.54, 1.807) is 16.9 Å². The standard InChI is InChI=1S/C14H17Cl2N3O2S/c1-2-3-8-22(20,21)18-14-13(16)10-19(17-14)9-11-6-4-5-7-12(11)15/h4-7,10H,2-3,8-9H2,1H3,(H,17,18). The maximum atomic E-state index is 11.9. The van der Waals surface area contributed by atoms with Crippen LogP contribution in [0.25, 0.3) is 0 Å². The Hall–Kier alpha value is -1.24. The molecule has 0 saturated carbocycles. The summed E-state index contributed by atoms with van der Waals surface area (Å²) in [7, 11) is -3.42. The van der Waals surface area contributed by atoms with Gasteiger partial charge in [-0.05, 0) is 18.1 Å². The first kappa shape index (κ1) is 17.1. The van der Waals surface area contributed by atoms with E-state index < -0.39 is 10.0 Å². The van der Waals surface area contributed by atoms with Crippen LogP contribution < -0.4 is 4.72 Å². The Labute approximate surface area is 140 Å². The number of benzene rings is 1. The third-order valence-corrected chi connectivity index (χ3v) is 5.00. The molecule has 2 rings (SSSR count). The van der Waals surface area contributed by atoms with Gasteiger partial charge in [0.05, 0.1) is 12.3 Å². The summed E-state index contributed by atoms with van der Waals surface area (Å²) in [5.74, 6) is 0.196. The van der Waals surface area contributed by atoms with E-state index in [1.165, 1.54) is 0 Å².